The predicted molar refractivity (Wildman–Crippen MR) is 114 cm³/mol. The third-order valence-corrected chi connectivity index (χ3v) is 5.96. The van der Waals surface area contributed by atoms with E-state index in [-0.39, 0.29) is 0 Å². The zero-order valence-electron chi connectivity index (χ0n) is 17.6. The van der Waals surface area contributed by atoms with Crippen molar-refractivity contribution in [3.63, 3.8) is 0 Å². The smallest absolute Gasteiger partial charge is 0.159 e. The molecule has 0 spiro atoms. The third-order valence-electron chi connectivity index (χ3n) is 5.96. The van der Waals surface area contributed by atoms with Gasteiger partial charge in [-0.15, -0.1) is 0 Å². The Morgan fingerprint density at radius 3 is 2.70 bits per heavy atom. The van der Waals surface area contributed by atoms with Gasteiger partial charge in [-0.05, 0) is 19.1 Å². The summed E-state index contributed by atoms with van der Waals surface area (Å²) in [5.74, 6) is 2.01. The van der Waals surface area contributed by atoms with E-state index in [0.29, 0.717) is 0 Å². The molecular formula is C22H27N7O. The second-order valence-corrected chi connectivity index (χ2v) is 7.97. The second kappa shape index (κ2) is 8.12. The Balaban J connectivity index is 1.35. The van der Waals surface area contributed by atoms with Crippen molar-refractivity contribution in [1.82, 2.24) is 29.6 Å². The van der Waals surface area contributed by atoms with Crippen LogP contribution in [0.1, 0.15) is 22.5 Å². The lowest BCUT2D eigenvalue weighted by molar-refractivity contribution is 0.122. The molecule has 2 aliphatic heterocycles. The molecule has 0 bridgehead atoms. The average molecular weight is 406 g/mol. The fourth-order valence-electron chi connectivity index (χ4n) is 4.42. The van der Waals surface area contributed by atoms with Crippen LogP contribution in [0.15, 0.2) is 30.7 Å². The molecule has 0 N–H and O–H groups in total. The van der Waals surface area contributed by atoms with Crippen LogP contribution in [-0.4, -0.2) is 62.5 Å². The lowest BCUT2D eigenvalue weighted by Crippen LogP contribution is -2.38. The van der Waals surface area contributed by atoms with Crippen LogP contribution < -0.4 is 4.90 Å². The number of hydrogen-bond donors (Lipinski definition) is 0. The number of fused-ring (bicyclic) bond motifs is 1. The molecule has 0 radical (unpaired) electrons. The van der Waals surface area contributed by atoms with E-state index in [4.69, 9.17) is 14.8 Å². The minimum absolute atomic E-state index is 0.776. The Morgan fingerprint density at radius 1 is 1.10 bits per heavy atom. The largest absolute Gasteiger partial charge is 0.378 e. The van der Waals surface area contributed by atoms with Crippen molar-refractivity contribution in [2.24, 2.45) is 7.05 Å². The summed E-state index contributed by atoms with van der Waals surface area (Å²) >= 11 is 0. The highest BCUT2D eigenvalue weighted by Gasteiger charge is 2.25. The lowest BCUT2D eigenvalue weighted by Gasteiger charge is -2.32. The maximum atomic E-state index is 5.54. The number of aromatic nitrogens is 5. The summed E-state index contributed by atoms with van der Waals surface area (Å²) in [6.07, 6.45) is 6.48. The van der Waals surface area contributed by atoms with Crippen LogP contribution in [0, 0.1) is 6.92 Å². The van der Waals surface area contributed by atoms with Gasteiger partial charge in [0.05, 0.1) is 24.6 Å². The summed E-state index contributed by atoms with van der Waals surface area (Å²) in [5, 5.41) is 4.72. The van der Waals surface area contributed by atoms with Gasteiger partial charge in [-0.25, -0.2) is 9.97 Å². The third kappa shape index (κ3) is 3.68. The number of aryl methyl sites for hydroxylation is 2. The monoisotopic (exact) mass is 405 g/mol. The van der Waals surface area contributed by atoms with Crippen molar-refractivity contribution in [2.45, 2.75) is 26.4 Å². The molecule has 3 aromatic rings. The SMILES string of the molecule is Cc1nn(C)c(N2CCOCC2)c1CN1CCc2nc(-c3ccncc3)ncc2C1. The molecule has 0 aromatic carbocycles. The van der Waals surface area contributed by atoms with Crippen LogP contribution in [0.2, 0.25) is 0 Å². The van der Waals surface area contributed by atoms with E-state index in [2.05, 4.69) is 26.7 Å². The molecule has 8 heteroatoms. The molecule has 5 rings (SSSR count). The number of pyridine rings is 1. The predicted octanol–water partition coefficient (Wildman–Crippen LogP) is 1.98. The van der Waals surface area contributed by atoms with Crippen molar-refractivity contribution in [1.29, 1.82) is 0 Å². The zero-order chi connectivity index (χ0) is 20.5. The fourth-order valence-corrected chi connectivity index (χ4v) is 4.42. The maximum Gasteiger partial charge on any atom is 0.159 e. The minimum Gasteiger partial charge on any atom is -0.378 e. The molecular weight excluding hydrogens is 378 g/mol. The molecule has 3 aromatic heterocycles. The molecule has 8 nitrogen and oxygen atoms in total. The van der Waals surface area contributed by atoms with Crippen LogP contribution in [0.5, 0.6) is 0 Å². The van der Waals surface area contributed by atoms with Gasteiger partial charge in [-0.3, -0.25) is 14.6 Å². The van der Waals surface area contributed by atoms with E-state index < -0.39 is 0 Å². The van der Waals surface area contributed by atoms with Gasteiger partial charge in [-0.2, -0.15) is 5.10 Å². The summed E-state index contributed by atoms with van der Waals surface area (Å²) in [4.78, 5) is 18.4. The number of hydrogen-bond acceptors (Lipinski definition) is 7. The van der Waals surface area contributed by atoms with Gasteiger partial charge >= 0.3 is 0 Å². The summed E-state index contributed by atoms with van der Waals surface area (Å²) in [6, 6.07) is 3.91. The number of ether oxygens (including phenoxy) is 1. The van der Waals surface area contributed by atoms with E-state index >= 15 is 0 Å². The van der Waals surface area contributed by atoms with Crippen LogP contribution in [0.3, 0.4) is 0 Å². The first-order chi connectivity index (χ1) is 14.7. The topological polar surface area (TPSA) is 72.2 Å². The van der Waals surface area contributed by atoms with Crippen molar-refractivity contribution >= 4 is 5.82 Å². The maximum absolute atomic E-state index is 5.54. The van der Waals surface area contributed by atoms with Gasteiger partial charge < -0.3 is 9.64 Å². The van der Waals surface area contributed by atoms with Crippen LogP contribution in [0.4, 0.5) is 5.82 Å². The molecule has 1 fully saturated rings. The Labute approximate surface area is 176 Å². The van der Waals surface area contributed by atoms with Crippen LogP contribution in [-0.2, 0) is 31.3 Å². The van der Waals surface area contributed by atoms with Gasteiger partial charge in [0.1, 0.15) is 5.82 Å². The van der Waals surface area contributed by atoms with Crippen molar-refractivity contribution in [3.05, 3.63) is 53.2 Å². The van der Waals surface area contributed by atoms with E-state index in [1.165, 1.54) is 16.9 Å². The van der Waals surface area contributed by atoms with E-state index in [9.17, 15) is 0 Å². The normalized spacial score (nSPS) is 17.2. The highest BCUT2D eigenvalue weighted by molar-refractivity contribution is 5.54. The highest BCUT2D eigenvalue weighted by atomic mass is 16.5. The van der Waals surface area contributed by atoms with Crippen LogP contribution >= 0.6 is 0 Å². The standard InChI is InChI=1S/C22H27N7O/c1-16-19(22(27(2)26-16)29-9-11-30-12-10-29)15-28-8-5-20-18(14-28)13-24-21(25-20)17-3-6-23-7-4-17/h3-4,6-7,13H,5,8-12,14-15H2,1-2H3. The molecule has 30 heavy (non-hydrogen) atoms. The lowest BCUT2D eigenvalue weighted by atomic mass is 10.1. The van der Waals surface area contributed by atoms with E-state index in [1.807, 2.05) is 30.1 Å². The first kappa shape index (κ1) is 19.1. The average Bonchev–Trinajstić information content (AvgIpc) is 3.07. The molecule has 0 amide bonds. The highest BCUT2D eigenvalue weighted by Crippen LogP contribution is 2.28. The minimum atomic E-state index is 0.776. The molecule has 156 valence electrons. The van der Waals surface area contributed by atoms with Gasteiger partial charge in [0.2, 0.25) is 0 Å². The zero-order valence-corrected chi connectivity index (χ0v) is 17.6. The number of nitrogens with zero attached hydrogens (tertiary/aromatic N) is 7. The molecule has 1 saturated heterocycles. The van der Waals surface area contributed by atoms with Gasteiger partial charge in [-0.1, -0.05) is 0 Å². The van der Waals surface area contributed by atoms with E-state index in [1.54, 1.807) is 12.4 Å². The van der Waals surface area contributed by atoms with E-state index in [0.717, 1.165) is 75.1 Å². The van der Waals surface area contributed by atoms with Gasteiger partial charge in [0.25, 0.3) is 0 Å². The first-order valence-corrected chi connectivity index (χ1v) is 10.5. The number of morpholine rings is 1. The Bertz CT molecular complexity index is 1030. The second-order valence-electron chi connectivity index (χ2n) is 7.97. The summed E-state index contributed by atoms with van der Waals surface area (Å²) in [5.41, 5.74) is 5.81. The molecule has 2 aliphatic rings. The van der Waals surface area contributed by atoms with Gasteiger partial charge in [0.15, 0.2) is 5.82 Å². The number of rotatable bonds is 4. The summed E-state index contributed by atoms with van der Waals surface area (Å²) in [7, 11) is 2.04. The molecule has 0 saturated carbocycles. The summed E-state index contributed by atoms with van der Waals surface area (Å²) in [6.45, 7) is 8.23. The fraction of sp³-hybridized carbons (Fsp3) is 0.455. The molecule has 0 atom stereocenters. The Morgan fingerprint density at radius 2 is 1.90 bits per heavy atom. The molecule has 0 unspecified atom stereocenters. The summed E-state index contributed by atoms with van der Waals surface area (Å²) < 4.78 is 7.57. The van der Waals surface area contributed by atoms with Crippen molar-refractivity contribution < 1.29 is 4.74 Å². The molecule has 0 aliphatic carbocycles. The Hall–Kier alpha value is -2.84. The first-order valence-electron chi connectivity index (χ1n) is 10.5. The van der Waals surface area contributed by atoms with Crippen molar-refractivity contribution in [2.75, 3.05) is 37.7 Å². The van der Waals surface area contributed by atoms with Gasteiger partial charge in [0, 0.05) is 81.5 Å². The quantitative estimate of drug-likeness (QED) is 0.657. The Kier molecular flexibility index (Phi) is 5.18. The number of anilines is 1. The van der Waals surface area contributed by atoms with Crippen LogP contribution in [0.25, 0.3) is 11.4 Å². The molecule has 5 heterocycles. The van der Waals surface area contributed by atoms with Crippen molar-refractivity contribution in [3.8, 4) is 11.4 Å².